The van der Waals surface area contributed by atoms with Gasteiger partial charge in [-0.1, -0.05) is 37.3 Å². The van der Waals surface area contributed by atoms with Crippen LogP contribution in [-0.2, 0) is 13.1 Å². The van der Waals surface area contributed by atoms with Crippen LogP contribution in [-0.4, -0.2) is 10.1 Å². The second-order valence-electron chi connectivity index (χ2n) is 6.51. The van der Waals surface area contributed by atoms with Crippen LogP contribution < -0.4 is 5.32 Å². The molecular formula is C18H26N2. The van der Waals surface area contributed by atoms with E-state index in [9.17, 15) is 0 Å². The molecule has 0 saturated heterocycles. The van der Waals surface area contributed by atoms with Crippen LogP contribution in [0.25, 0.3) is 10.9 Å². The number of benzene rings is 1. The van der Waals surface area contributed by atoms with E-state index in [1.165, 1.54) is 22.0 Å². The van der Waals surface area contributed by atoms with Crippen molar-refractivity contribution in [2.45, 2.75) is 52.7 Å². The van der Waals surface area contributed by atoms with Gasteiger partial charge in [-0.15, -0.1) is 0 Å². The Hall–Kier alpha value is -1.54. The lowest BCUT2D eigenvalue weighted by molar-refractivity contribution is 0.425. The molecule has 0 amide bonds. The number of fused-ring (bicyclic) bond motifs is 1. The molecule has 2 heteroatoms. The summed E-state index contributed by atoms with van der Waals surface area (Å²) in [6, 6.07) is 8.73. The Labute approximate surface area is 122 Å². The summed E-state index contributed by atoms with van der Waals surface area (Å²) in [4.78, 5) is 0. The van der Waals surface area contributed by atoms with Gasteiger partial charge in [-0.05, 0) is 44.2 Å². The number of hydrogen-bond acceptors (Lipinski definition) is 1. The van der Waals surface area contributed by atoms with Gasteiger partial charge in [-0.2, -0.15) is 0 Å². The van der Waals surface area contributed by atoms with Crippen LogP contribution in [0.15, 0.2) is 42.6 Å². The Balaban J connectivity index is 2.34. The van der Waals surface area contributed by atoms with Gasteiger partial charge in [0.05, 0.1) is 5.52 Å². The molecule has 1 aromatic heterocycles. The summed E-state index contributed by atoms with van der Waals surface area (Å²) < 4.78 is 2.32. The molecule has 0 atom stereocenters. The fraction of sp³-hybridized carbons (Fsp3) is 0.444. The molecule has 20 heavy (non-hydrogen) atoms. The third-order valence-electron chi connectivity index (χ3n) is 3.58. The minimum atomic E-state index is 0.132. The number of aromatic nitrogens is 1. The molecule has 0 aliphatic carbocycles. The van der Waals surface area contributed by atoms with E-state index in [2.05, 4.69) is 74.6 Å². The Kier molecular flexibility index (Phi) is 4.34. The quantitative estimate of drug-likeness (QED) is 0.792. The van der Waals surface area contributed by atoms with Crippen LogP contribution in [0.1, 0.15) is 39.7 Å². The Morgan fingerprint density at radius 1 is 1.25 bits per heavy atom. The number of para-hydroxylation sites is 1. The molecule has 1 heterocycles. The molecule has 0 unspecified atom stereocenters. The van der Waals surface area contributed by atoms with Crippen molar-refractivity contribution < 1.29 is 0 Å². The SMILES string of the molecule is C=C(CC)Cn1ccc2cccc(CNC(C)(C)C)c21. The van der Waals surface area contributed by atoms with E-state index in [0.717, 1.165) is 19.5 Å². The lowest BCUT2D eigenvalue weighted by atomic mass is 10.1. The van der Waals surface area contributed by atoms with Crippen LogP contribution in [0.3, 0.4) is 0 Å². The maximum atomic E-state index is 4.13. The van der Waals surface area contributed by atoms with Crippen molar-refractivity contribution in [3.05, 3.63) is 48.2 Å². The predicted molar refractivity (Wildman–Crippen MR) is 88.0 cm³/mol. The van der Waals surface area contributed by atoms with E-state index in [1.807, 2.05) is 0 Å². The highest BCUT2D eigenvalue weighted by atomic mass is 15.0. The fourth-order valence-electron chi connectivity index (χ4n) is 2.33. The monoisotopic (exact) mass is 270 g/mol. The Morgan fingerprint density at radius 2 is 2.00 bits per heavy atom. The van der Waals surface area contributed by atoms with Crippen LogP contribution >= 0.6 is 0 Å². The van der Waals surface area contributed by atoms with E-state index in [1.54, 1.807) is 0 Å². The van der Waals surface area contributed by atoms with Crippen molar-refractivity contribution in [3.63, 3.8) is 0 Å². The summed E-state index contributed by atoms with van der Waals surface area (Å²) in [5.74, 6) is 0. The molecule has 0 aliphatic rings. The summed E-state index contributed by atoms with van der Waals surface area (Å²) >= 11 is 0. The van der Waals surface area contributed by atoms with E-state index in [0.29, 0.717) is 0 Å². The second-order valence-corrected chi connectivity index (χ2v) is 6.51. The first-order valence-electron chi connectivity index (χ1n) is 7.39. The highest BCUT2D eigenvalue weighted by Crippen LogP contribution is 2.22. The standard InChI is InChI=1S/C18H26N2/c1-6-14(2)13-20-11-10-15-8-7-9-16(17(15)20)12-19-18(3,4)5/h7-11,19H,2,6,12-13H2,1,3-5H3. The molecule has 2 rings (SSSR count). The number of hydrogen-bond donors (Lipinski definition) is 1. The Morgan fingerprint density at radius 3 is 2.65 bits per heavy atom. The van der Waals surface area contributed by atoms with E-state index in [4.69, 9.17) is 0 Å². The summed E-state index contributed by atoms with van der Waals surface area (Å²) in [7, 11) is 0. The summed E-state index contributed by atoms with van der Waals surface area (Å²) in [5, 5.41) is 4.89. The highest BCUT2D eigenvalue weighted by molar-refractivity contribution is 5.83. The Bertz CT molecular complexity index is 599. The number of nitrogens with zero attached hydrogens (tertiary/aromatic N) is 1. The van der Waals surface area contributed by atoms with Gasteiger partial charge < -0.3 is 9.88 Å². The van der Waals surface area contributed by atoms with Crippen molar-refractivity contribution in [2.24, 2.45) is 0 Å². The van der Waals surface area contributed by atoms with Crippen LogP contribution in [0.2, 0.25) is 0 Å². The number of allylic oxidation sites excluding steroid dienone is 1. The van der Waals surface area contributed by atoms with Gasteiger partial charge >= 0.3 is 0 Å². The highest BCUT2D eigenvalue weighted by Gasteiger charge is 2.11. The number of rotatable bonds is 5. The van der Waals surface area contributed by atoms with Crippen molar-refractivity contribution in [1.82, 2.24) is 9.88 Å². The van der Waals surface area contributed by atoms with Crippen molar-refractivity contribution in [2.75, 3.05) is 0 Å². The maximum Gasteiger partial charge on any atom is 0.0528 e. The lowest BCUT2D eigenvalue weighted by Crippen LogP contribution is -2.35. The molecule has 0 aliphatic heterocycles. The lowest BCUT2D eigenvalue weighted by Gasteiger charge is -2.21. The zero-order valence-electron chi connectivity index (χ0n) is 13.2. The minimum Gasteiger partial charge on any atom is -0.343 e. The average molecular weight is 270 g/mol. The summed E-state index contributed by atoms with van der Waals surface area (Å²) in [6.07, 6.45) is 3.20. The fourth-order valence-corrected chi connectivity index (χ4v) is 2.33. The molecule has 0 bridgehead atoms. The molecule has 0 fully saturated rings. The van der Waals surface area contributed by atoms with Crippen LogP contribution in [0.4, 0.5) is 0 Å². The molecule has 2 nitrogen and oxygen atoms in total. The third-order valence-corrected chi connectivity index (χ3v) is 3.58. The van der Waals surface area contributed by atoms with Gasteiger partial charge in [0.2, 0.25) is 0 Å². The molecule has 0 radical (unpaired) electrons. The largest absolute Gasteiger partial charge is 0.343 e. The van der Waals surface area contributed by atoms with Crippen LogP contribution in [0.5, 0.6) is 0 Å². The smallest absolute Gasteiger partial charge is 0.0528 e. The van der Waals surface area contributed by atoms with Gasteiger partial charge in [0.25, 0.3) is 0 Å². The van der Waals surface area contributed by atoms with Gasteiger partial charge in [-0.3, -0.25) is 0 Å². The molecule has 108 valence electrons. The second kappa shape index (κ2) is 5.84. The summed E-state index contributed by atoms with van der Waals surface area (Å²) in [5.41, 5.74) is 4.08. The van der Waals surface area contributed by atoms with Gasteiger partial charge in [0, 0.05) is 24.8 Å². The average Bonchev–Trinajstić information content (AvgIpc) is 2.79. The molecule has 0 saturated carbocycles. The van der Waals surface area contributed by atoms with Gasteiger partial charge in [-0.25, -0.2) is 0 Å². The molecule has 2 aromatic rings. The zero-order chi connectivity index (χ0) is 14.8. The van der Waals surface area contributed by atoms with E-state index >= 15 is 0 Å². The topological polar surface area (TPSA) is 17.0 Å². The molecule has 0 spiro atoms. The third kappa shape index (κ3) is 3.51. The summed E-state index contributed by atoms with van der Waals surface area (Å²) in [6.45, 7) is 14.7. The first kappa shape index (κ1) is 14.9. The normalized spacial score (nSPS) is 12.0. The van der Waals surface area contributed by atoms with Gasteiger partial charge in [0.15, 0.2) is 0 Å². The minimum absolute atomic E-state index is 0.132. The predicted octanol–water partition coefficient (Wildman–Crippen LogP) is 4.50. The first-order valence-corrected chi connectivity index (χ1v) is 7.39. The molecular weight excluding hydrogens is 244 g/mol. The zero-order valence-corrected chi connectivity index (χ0v) is 13.2. The molecule has 1 aromatic carbocycles. The van der Waals surface area contributed by atoms with Crippen LogP contribution in [0, 0.1) is 0 Å². The van der Waals surface area contributed by atoms with Gasteiger partial charge in [0.1, 0.15) is 0 Å². The molecule has 1 N–H and O–H groups in total. The first-order chi connectivity index (χ1) is 9.40. The maximum absolute atomic E-state index is 4.13. The number of nitrogens with one attached hydrogen (secondary N) is 1. The van der Waals surface area contributed by atoms with E-state index in [-0.39, 0.29) is 5.54 Å². The van der Waals surface area contributed by atoms with Crippen molar-refractivity contribution in [1.29, 1.82) is 0 Å². The van der Waals surface area contributed by atoms with E-state index < -0.39 is 0 Å². The van der Waals surface area contributed by atoms with Crippen molar-refractivity contribution in [3.8, 4) is 0 Å². The van der Waals surface area contributed by atoms with Crippen molar-refractivity contribution >= 4 is 10.9 Å².